The molecule has 0 saturated carbocycles. The topological polar surface area (TPSA) is 82.1 Å². The first-order chi connectivity index (χ1) is 12.9. The third-order valence-corrected chi connectivity index (χ3v) is 5.17. The van der Waals surface area contributed by atoms with Crippen molar-refractivity contribution in [1.82, 2.24) is 4.90 Å². The summed E-state index contributed by atoms with van der Waals surface area (Å²) in [6.07, 6.45) is 2.47. The van der Waals surface area contributed by atoms with E-state index < -0.39 is 17.1 Å². The minimum absolute atomic E-state index is 0.190. The zero-order valence-electron chi connectivity index (χ0n) is 15.2. The second-order valence-corrected chi connectivity index (χ2v) is 7.61. The minimum Gasteiger partial charge on any atom is -0.493 e. The zero-order valence-corrected chi connectivity index (χ0v) is 18.2. The van der Waals surface area contributed by atoms with Gasteiger partial charge in [0.15, 0.2) is 11.5 Å². The summed E-state index contributed by atoms with van der Waals surface area (Å²) in [6, 6.07) is 3.58. The van der Waals surface area contributed by atoms with Gasteiger partial charge < -0.3 is 14.2 Å². The minimum atomic E-state index is -0.616. The normalized spacial score (nSPS) is 15.4. The van der Waals surface area contributed by atoms with Crippen molar-refractivity contribution in [2.24, 2.45) is 0 Å². The van der Waals surface area contributed by atoms with Crippen molar-refractivity contribution in [3.63, 3.8) is 0 Å². The Kier molecular flexibility index (Phi) is 7.96. The molecule has 0 atom stereocenters. The highest BCUT2D eigenvalue weighted by atomic mass is 127. The van der Waals surface area contributed by atoms with Crippen molar-refractivity contribution in [3.8, 4) is 11.5 Å². The van der Waals surface area contributed by atoms with Crippen molar-refractivity contribution in [2.75, 3.05) is 26.9 Å². The molecule has 1 heterocycles. The van der Waals surface area contributed by atoms with Gasteiger partial charge in [0.05, 0.1) is 28.8 Å². The van der Waals surface area contributed by atoms with Gasteiger partial charge in [0.25, 0.3) is 11.1 Å². The summed E-state index contributed by atoms with van der Waals surface area (Å²) in [7, 11) is 1.54. The second kappa shape index (κ2) is 9.98. The molecule has 1 fully saturated rings. The molecule has 0 bridgehead atoms. The highest BCUT2D eigenvalue weighted by Crippen LogP contribution is 2.37. The van der Waals surface area contributed by atoms with Crippen LogP contribution in [0.5, 0.6) is 11.5 Å². The number of carbonyl (C=O) groups is 3. The molecule has 146 valence electrons. The van der Waals surface area contributed by atoms with E-state index >= 15 is 0 Å². The number of carbonyl (C=O) groups excluding carboxylic acids is 3. The Labute approximate surface area is 175 Å². The molecule has 1 aliphatic heterocycles. The fourth-order valence-electron chi connectivity index (χ4n) is 2.29. The Morgan fingerprint density at radius 3 is 2.67 bits per heavy atom. The number of amides is 2. The Morgan fingerprint density at radius 1 is 1.30 bits per heavy atom. The average molecular weight is 505 g/mol. The predicted molar refractivity (Wildman–Crippen MR) is 111 cm³/mol. The molecule has 1 saturated heterocycles. The monoisotopic (exact) mass is 505 g/mol. The van der Waals surface area contributed by atoms with Crippen LogP contribution >= 0.6 is 34.4 Å². The van der Waals surface area contributed by atoms with Gasteiger partial charge in [-0.05, 0) is 71.5 Å². The number of halogens is 1. The lowest BCUT2D eigenvalue weighted by molar-refractivity contribution is -0.145. The molecule has 0 spiro atoms. The van der Waals surface area contributed by atoms with Gasteiger partial charge in [0.1, 0.15) is 6.54 Å². The molecule has 0 aliphatic carbocycles. The Bertz CT molecular complexity index is 779. The van der Waals surface area contributed by atoms with Gasteiger partial charge in [-0.3, -0.25) is 19.3 Å². The number of esters is 1. The summed E-state index contributed by atoms with van der Waals surface area (Å²) in [5, 5.41) is -0.496. The second-order valence-electron chi connectivity index (χ2n) is 5.46. The molecule has 0 N–H and O–H groups in total. The zero-order chi connectivity index (χ0) is 20.0. The molecular formula is C18H20INO6S. The standard InChI is InChI=1S/C18H20INO6S/c1-4-6-26-16-12(19)7-11(8-13(16)24-3)9-14-17(22)20(18(23)27-14)10-15(21)25-5-2/h7-9H,4-6,10H2,1-3H3/b14-9-. The largest absolute Gasteiger partial charge is 0.493 e. The molecule has 1 aromatic carbocycles. The summed E-state index contributed by atoms with van der Waals surface area (Å²) in [5.41, 5.74) is 0.696. The first-order valence-corrected chi connectivity index (χ1v) is 10.2. The van der Waals surface area contributed by atoms with E-state index in [1.807, 2.05) is 13.0 Å². The van der Waals surface area contributed by atoms with Crippen LogP contribution in [0.4, 0.5) is 4.79 Å². The van der Waals surface area contributed by atoms with Gasteiger partial charge in [0, 0.05) is 0 Å². The fraction of sp³-hybridized carbons (Fsp3) is 0.389. The van der Waals surface area contributed by atoms with Crippen molar-refractivity contribution in [1.29, 1.82) is 0 Å². The summed E-state index contributed by atoms with van der Waals surface area (Å²) in [4.78, 5) is 37.2. The van der Waals surface area contributed by atoms with E-state index in [0.717, 1.165) is 26.7 Å². The molecule has 2 amide bonds. The Morgan fingerprint density at radius 2 is 2.04 bits per heavy atom. The molecular weight excluding hydrogens is 485 g/mol. The number of ether oxygens (including phenoxy) is 3. The van der Waals surface area contributed by atoms with E-state index in [9.17, 15) is 14.4 Å². The van der Waals surface area contributed by atoms with E-state index in [1.54, 1.807) is 26.2 Å². The van der Waals surface area contributed by atoms with Gasteiger partial charge in [-0.15, -0.1) is 0 Å². The van der Waals surface area contributed by atoms with Crippen LogP contribution in [0, 0.1) is 3.57 Å². The molecule has 7 nitrogen and oxygen atoms in total. The van der Waals surface area contributed by atoms with Crippen LogP contribution in [0.25, 0.3) is 6.08 Å². The number of nitrogens with zero attached hydrogens (tertiary/aromatic N) is 1. The van der Waals surface area contributed by atoms with Gasteiger partial charge >= 0.3 is 5.97 Å². The van der Waals surface area contributed by atoms with Crippen LogP contribution in [-0.2, 0) is 14.3 Å². The molecule has 27 heavy (non-hydrogen) atoms. The lowest BCUT2D eigenvalue weighted by atomic mass is 10.2. The highest BCUT2D eigenvalue weighted by Gasteiger charge is 2.36. The third kappa shape index (κ3) is 5.38. The molecule has 0 aromatic heterocycles. The summed E-state index contributed by atoms with van der Waals surface area (Å²) >= 11 is 2.93. The number of hydrogen-bond donors (Lipinski definition) is 0. The van der Waals surface area contributed by atoms with E-state index in [4.69, 9.17) is 14.2 Å². The first-order valence-electron chi connectivity index (χ1n) is 8.32. The Balaban J connectivity index is 2.25. The van der Waals surface area contributed by atoms with Crippen LogP contribution in [0.2, 0.25) is 0 Å². The van der Waals surface area contributed by atoms with Crippen molar-refractivity contribution in [3.05, 3.63) is 26.2 Å². The van der Waals surface area contributed by atoms with E-state index in [-0.39, 0.29) is 18.1 Å². The third-order valence-electron chi connectivity index (χ3n) is 3.47. The number of thioether (sulfide) groups is 1. The van der Waals surface area contributed by atoms with Crippen LogP contribution in [0.15, 0.2) is 17.0 Å². The average Bonchev–Trinajstić information content (AvgIpc) is 2.88. The number of benzene rings is 1. The predicted octanol–water partition coefficient (Wildman–Crippen LogP) is 3.69. The molecule has 2 rings (SSSR count). The van der Waals surface area contributed by atoms with Crippen molar-refractivity contribution >= 4 is 57.5 Å². The van der Waals surface area contributed by atoms with E-state index in [2.05, 4.69) is 22.6 Å². The first kappa shape index (κ1) is 21.5. The SMILES string of the molecule is CCCOc1c(I)cc(/C=C2\SC(=O)N(CC(=O)OCC)C2=O)cc1OC. The van der Waals surface area contributed by atoms with Crippen molar-refractivity contribution in [2.45, 2.75) is 20.3 Å². The summed E-state index contributed by atoms with van der Waals surface area (Å²) < 4.78 is 16.7. The number of methoxy groups -OCH3 is 1. The Hall–Kier alpha value is -1.75. The maximum Gasteiger partial charge on any atom is 0.326 e. The van der Waals surface area contributed by atoms with Gasteiger partial charge in [-0.25, -0.2) is 0 Å². The maximum atomic E-state index is 12.5. The lowest BCUT2D eigenvalue weighted by Gasteiger charge is -2.13. The molecule has 0 radical (unpaired) electrons. The molecule has 0 unspecified atom stereocenters. The van der Waals surface area contributed by atoms with Crippen LogP contribution in [0.3, 0.4) is 0 Å². The quantitative estimate of drug-likeness (QED) is 0.303. The van der Waals surface area contributed by atoms with Crippen LogP contribution < -0.4 is 9.47 Å². The summed E-state index contributed by atoms with van der Waals surface area (Å²) in [6.45, 7) is 4.04. The molecule has 1 aliphatic rings. The maximum absolute atomic E-state index is 12.5. The molecule has 1 aromatic rings. The summed E-state index contributed by atoms with van der Waals surface area (Å²) in [5.74, 6) is 0.0629. The number of hydrogen-bond acceptors (Lipinski definition) is 7. The van der Waals surface area contributed by atoms with Gasteiger partial charge in [-0.1, -0.05) is 6.92 Å². The lowest BCUT2D eigenvalue weighted by Crippen LogP contribution is -2.34. The number of imide groups is 1. The fourth-order valence-corrected chi connectivity index (χ4v) is 3.91. The van der Waals surface area contributed by atoms with E-state index in [0.29, 0.717) is 23.7 Å². The molecule has 9 heteroatoms. The van der Waals surface area contributed by atoms with Gasteiger partial charge in [0.2, 0.25) is 0 Å². The number of rotatable bonds is 8. The van der Waals surface area contributed by atoms with E-state index in [1.165, 1.54) is 0 Å². The van der Waals surface area contributed by atoms with Crippen LogP contribution in [-0.4, -0.2) is 48.9 Å². The smallest absolute Gasteiger partial charge is 0.326 e. The van der Waals surface area contributed by atoms with Gasteiger partial charge in [-0.2, -0.15) is 0 Å². The van der Waals surface area contributed by atoms with Crippen LogP contribution in [0.1, 0.15) is 25.8 Å². The highest BCUT2D eigenvalue weighted by molar-refractivity contribution is 14.1. The van der Waals surface area contributed by atoms with Crippen molar-refractivity contribution < 1.29 is 28.6 Å².